The molecule has 1 unspecified atom stereocenters. The molecule has 0 bridgehead atoms. The van der Waals surface area contributed by atoms with Crippen molar-refractivity contribution in [2.24, 2.45) is 0 Å². The van der Waals surface area contributed by atoms with Crippen molar-refractivity contribution in [2.45, 2.75) is 12.8 Å². The Morgan fingerprint density at radius 3 is 2.92 bits per heavy atom. The van der Waals surface area contributed by atoms with E-state index in [2.05, 4.69) is 41.8 Å². The molecule has 0 saturated carbocycles. The fourth-order valence-electron chi connectivity index (χ4n) is 1.75. The predicted molar refractivity (Wildman–Crippen MR) is 55.7 cm³/mol. The van der Waals surface area contributed by atoms with Crippen LogP contribution in [0.4, 0.5) is 5.69 Å². The van der Waals surface area contributed by atoms with Crippen molar-refractivity contribution in [2.75, 3.05) is 17.1 Å². The molecule has 0 aliphatic carbocycles. The fourth-order valence-corrected chi connectivity index (χ4v) is 2.49. The van der Waals surface area contributed by atoms with Crippen molar-refractivity contribution >= 4 is 17.6 Å². The summed E-state index contributed by atoms with van der Waals surface area (Å²) in [6.45, 7) is 3.44. The Kier molecular flexibility index (Phi) is 2.01. The van der Waals surface area contributed by atoms with Crippen molar-refractivity contribution in [3.63, 3.8) is 0 Å². The SMILES string of the molecule is CSN1CC(C)c2ccccc21. The van der Waals surface area contributed by atoms with E-state index in [9.17, 15) is 0 Å². The molecular weight excluding hydrogens is 166 g/mol. The van der Waals surface area contributed by atoms with Crippen molar-refractivity contribution in [3.05, 3.63) is 29.8 Å². The van der Waals surface area contributed by atoms with E-state index < -0.39 is 0 Å². The van der Waals surface area contributed by atoms with Crippen LogP contribution >= 0.6 is 11.9 Å². The lowest BCUT2D eigenvalue weighted by Crippen LogP contribution is -2.10. The number of nitrogens with zero attached hydrogens (tertiary/aromatic N) is 1. The Hall–Kier alpha value is -0.630. The molecule has 12 heavy (non-hydrogen) atoms. The second-order valence-electron chi connectivity index (χ2n) is 3.20. The first-order valence-corrected chi connectivity index (χ1v) is 5.41. The van der Waals surface area contributed by atoms with Gasteiger partial charge >= 0.3 is 0 Å². The summed E-state index contributed by atoms with van der Waals surface area (Å²) in [7, 11) is 0. The minimum Gasteiger partial charge on any atom is -0.316 e. The zero-order chi connectivity index (χ0) is 8.55. The van der Waals surface area contributed by atoms with Crippen LogP contribution in [0, 0.1) is 0 Å². The van der Waals surface area contributed by atoms with Crippen LogP contribution in [0.1, 0.15) is 18.4 Å². The number of para-hydroxylation sites is 1. The minimum absolute atomic E-state index is 0.689. The van der Waals surface area contributed by atoms with Gasteiger partial charge in [-0.1, -0.05) is 37.1 Å². The molecule has 1 atom stereocenters. The smallest absolute Gasteiger partial charge is 0.0505 e. The summed E-state index contributed by atoms with van der Waals surface area (Å²) in [4.78, 5) is 0. The lowest BCUT2D eigenvalue weighted by Gasteiger charge is -2.14. The summed E-state index contributed by atoms with van der Waals surface area (Å²) in [6, 6.07) is 8.67. The van der Waals surface area contributed by atoms with E-state index in [1.807, 2.05) is 11.9 Å². The van der Waals surface area contributed by atoms with Crippen LogP contribution in [0.15, 0.2) is 24.3 Å². The number of fused-ring (bicyclic) bond motifs is 1. The molecule has 64 valence electrons. The Morgan fingerprint density at radius 1 is 1.42 bits per heavy atom. The molecule has 1 aliphatic heterocycles. The molecule has 1 aromatic carbocycles. The monoisotopic (exact) mass is 179 g/mol. The maximum absolute atomic E-state index is 2.36. The molecule has 1 nitrogen and oxygen atoms in total. The average Bonchev–Trinajstić information content (AvgIpc) is 2.44. The first-order chi connectivity index (χ1) is 5.83. The van der Waals surface area contributed by atoms with Gasteiger partial charge in [0.25, 0.3) is 0 Å². The van der Waals surface area contributed by atoms with Gasteiger partial charge in [-0.2, -0.15) is 0 Å². The van der Waals surface area contributed by atoms with Gasteiger partial charge < -0.3 is 4.31 Å². The normalized spacial score (nSPS) is 21.2. The van der Waals surface area contributed by atoms with Gasteiger partial charge in [0.15, 0.2) is 0 Å². The molecule has 1 heterocycles. The molecule has 0 aromatic heterocycles. The molecule has 2 heteroatoms. The van der Waals surface area contributed by atoms with Crippen LogP contribution in [0.5, 0.6) is 0 Å². The van der Waals surface area contributed by atoms with Crippen LogP contribution in [-0.4, -0.2) is 12.8 Å². The molecule has 0 fully saturated rings. The predicted octanol–water partition coefficient (Wildman–Crippen LogP) is 2.89. The summed E-state index contributed by atoms with van der Waals surface area (Å²) in [5.74, 6) is 0.689. The van der Waals surface area contributed by atoms with Crippen LogP contribution < -0.4 is 4.31 Å². The third-order valence-corrected chi connectivity index (χ3v) is 3.18. The van der Waals surface area contributed by atoms with Crippen LogP contribution in [0.2, 0.25) is 0 Å². The third kappa shape index (κ3) is 1.11. The first kappa shape index (κ1) is 7.99. The van der Waals surface area contributed by atoms with Crippen molar-refractivity contribution in [1.82, 2.24) is 0 Å². The van der Waals surface area contributed by atoms with E-state index in [1.165, 1.54) is 11.3 Å². The van der Waals surface area contributed by atoms with Gasteiger partial charge in [0.2, 0.25) is 0 Å². The standard InChI is InChI=1S/C10H13NS/c1-8-7-11(12-2)10-6-4-3-5-9(8)10/h3-6,8H,7H2,1-2H3. The highest BCUT2D eigenvalue weighted by atomic mass is 32.2. The molecule has 0 amide bonds. The second kappa shape index (κ2) is 3.02. The Balaban J connectivity index is 2.43. The highest BCUT2D eigenvalue weighted by molar-refractivity contribution is 8.00. The zero-order valence-electron chi connectivity index (χ0n) is 7.45. The highest BCUT2D eigenvalue weighted by Crippen LogP contribution is 2.38. The fraction of sp³-hybridized carbons (Fsp3) is 0.400. The van der Waals surface area contributed by atoms with Crippen molar-refractivity contribution in [1.29, 1.82) is 0 Å². The zero-order valence-corrected chi connectivity index (χ0v) is 8.27. The topological polar surface area (TPSA) is 3.24 Å². The maximum atomic E-state index is 2.36. The Bertz CT molecular complexity index is 285. The lowest BCUT2D eigenvalue weighted by molar-refractivity contribution is 0.834. The summed E-state index contributed by atoms with van der Waals surface area (Å²) in [5.41, 5.74) is 2.89. The number of rotatable bonds is 1. The van der Waals surface area contributed by atoms with Gasteiger partial charge in [-0.05, 0) is 11.6 Å². The van der Waals surface area contributed by atoms with Gasteiger partial charge in [0.1, 0.15) is 0 Å². The van der Waals surface area contributed by atoms with Crippen LogP contribution in [0.3, 0.4) is 0 Å². The highest BCUT2D eigenvalue weighted by Gasteiger charge is 2.23. The summed E-state index contributed by atoms with van der Waals surface area (Å²) in [5, 5.41) is 0. The largest absolute Gasteiger partial charge is 0.316 e. The summed E-state index contributed by atoms with van der Waals surface area (Å²) < 4.78 is 2.36. The van der Waals surface area contributed by atoms with E-state index in [0.717, 1.165) is 6.54 Å². The summed E-state index contributed by atoms with van der Waals surface area (Å²) in [6.07, 6.45) is 2.13. The van der Waals surface area contributed by atoms with E-state index >= 15 is 0 Å². The van der Waals surface area contributed by atoms with Gasteiger partial charge in [0.05, 0.1) is 5.69 Å². The quantitative estimate of drug-likeness (QED) is 0.610. The van der Waals surface area contributed by atoms with Crippen LogP contribution in [-0.2, 0) is 0 Å². The Morgan fingerprint density at radius 2 is 2.17 bits per heavy atom. The van der Waals surface area contributed by atoms with Crippen LogP contribution in [0.25, 0.3) is 0 Å². The molecule has 0 spiro atoms. The molecule has 0 N–H and O–H groups in total. The number of hydrogen-bond donors (Lipinski definition) is 0. The molecule has 1 aromatic rings. The Labute approximate surface area is 77.9 Å². The number of hydrogen-bond acceptors (Lipinski definition) is 2. The van der Waals surface area contributed by atoms with Gasteiger partial charge in [0, 0.05) is 18.7 Å². The third-order valence-electron chi connectivity index (χ3n) is 2.40. The van der Waals surface area contributed by atoms with E-state index in [-0.39, 0.29) is 0 Å². The van der Waals surface area contributed by atoms with Crippen molar-refractivity contribution in [3.8, 4) is 0 Å². The van der Waals surface area contributed by atoms with Gasteiger partial charge in [-0.15, -0.1) is 0 Å². The van der Waals surface area contributed by atoms with Gasteiger partial charge in [-0.3, -0.25) is 0 Å². The average molecular weight is 179 g/mol. The first-order valence-electron chi connectivity index (χ1n) is 4.23. The number of anilines is 1. The summed E-state index contributed by atoms with van der Waals surface area (Å²) >= 11 is 1.81. The lowest BCUT2D eigenvalue weighted by atomic mass is 10.0. The van der Waals surface area contributed by atoms with Gasteiger partial charge in [-0.25, -0.2) is 0 Å². The van der Waals surface area contributed by atoms with E-state index in [0.29, 0.717) is 5.92 Å². The number of benzene rings is 1. The second-order valence-corrected chi connectivity index (χ2v) is 4.01. The minimum atomic E-state index is 0.689. The molecule has 0 saturated heterocycles. The molecule has 1 aliphatic rings. The maximum Gasteiger partial charge on any atom is 0.0505 e. The van der Waals surface area contributed by atoms with E-state index in [4.69, 9.17) is 0 Å². The van der Waals surface area contributed by atoms with E-state index in [1.54, 1.807) is 0 Å². The molecule has 0 radical (unpaired) electrons. The molecular formula is C10H13NS. The molecule has 2 rings (SSSR count). The van der Waals surface area contributed by atoms with Crippen molar-refractivity contribution < 1.29 is 0 Å².